The summed E-state index contributed by atoms with van der Waals surface area (Å²) >= 11 is 0. The maximum Gasteiger partial charge on any atom is 0.262 e. The topological polar surface area (TPSA) is 58.6 Å². The highest BCUT2D eigenvalue weighted by Gasteiger charge is 2.14. The van der Waals surface area contributed by atoms with Gasteiger partial charge in [0.15, 0.2) is 6.61 Å². The first-order chi connectivity index (χ1) is 12.4. The van der Waals surface area contributed by atoms with Crippen molar-refractivity contribution in [3.05, 3.63) is 59.7 Å². The lowest BCUT2D eigenvalue weighted by molar-refractivity contribution is -0.118. The number of benzene rings is 2. The molecule has 5 nitrogen and oxygen atoms in total. The van der Waals surface area contributed by atoms with Crippen LogP contribution in [-0.4, -0.2) is 37.4 Å². The van der Waals surface area contributed by atoms with Gasteiger partial charge in [0.1, 0.15) is 5.75 Å². The van der Waals surface area contributed by atoms with Crippen molar-refractivity contribution in [3.8, 4) is 5.75 Å². The summed E-state index contributed by atoms with van der Waals surface area (Å²) in [7, 11) is 3.35. The Morgan fingerprint density at radius 2 is 1.73 bits per heavy atom. The van der Waals surface area contributed by atoms with Crippen LogP contribution >= 0.6 is 0 Å². The fourth-order valence-electron chi connectivity index (χ4n) is 2.48. The van der Waals surface area contributed by atoms with E-state index in [9.17, 15) is 9.59 Å². The summed E-state index contributed by atoms with van der Waals surface area (Å²) in [6.45, 7) is 4.21. The first-order valence-corrected chi connectivity index (χ1v) is 8.75. The zero-order chi connectivity index (χ0) is 19.1. The van der Waals surface area contributed by atoms with Gasteiger partial charge in [-0.1, -0.05) is 38.1 Å². The number of carbonyl (C=O) groups is 2. The minimum Gasteiger partial charge on any atom is -0.484 e. The predicted octanol–water partition coefficient (Wildman–Crippen LogP) is 3.92. The molecule has 0 fully saturated rings. The average molecular weight is 354 g/mol. The largest absolute Gasteiger partial charge is 0.484 e. The van der Waals surface area contributed by atoms with Crippen LogP contribution in [-0.2, 0) is 4.79 Å². The number of carbonyl (C=O) groups excluding carboxylic acids is 2. The third kappa shape index (κ3) is 5.09. The SMILES string of the molecule is CCC(C)c1ccc(OCC(=O)Nc2ccccc2C(=O)N(C)C)cc1. The van der Waals surface area contributed by atoms with Crippen LogP contribution in [0.25, 0.3) is 0 Å². The molecule has 2 aromatic carbocycles. The Morgan fingerprint density at radius 1 is 1.08 bits per heavy atom. The molecule has 0 aromatic heterocycles. The van der Waals surface area contributed by atoms with Crippen molar-refractivity contribution >= 4 is 17.5 Å². The number of hydrogen-bond donors (Lipinski definition) is 1. The number of amides is 2. The third-order valence-electron chi connectivity index (χ3n) is 4.27. The zero-order valence-corrected chi connectivity index (χ0v) is 15.8. The second-order valence-electron chi connectivity index (χ2n) is 6.46. The number of nitrogens with one attached hydrogen (secondary N) is 1. The molecule has 138 valence electrons. The van der Waals surface area contributed by atoms with Crippen LogP contribution < -0.4 is 10.1 Å². The molecule has 0 bridgehead atoms. The fourth-order valence-corrected chi connectivity index (χ4v) is 2.48. The molecule has 26 heavy (non-hydrogen) atoms. The molecule has 5 heteroatoms. The molecule has 0 saturated heterocycles. The molecule has 2 rings (SSSR count). The number of nitrogens with zero attached hydrogens (tertiary/aromatic N) is 1. The highest BCUT2D eigenvalue weighted by molar-refractivity contribution is 6.03. The lowest BCUT2D eigenvalue weighted by Crippen LogP contribution is -2.25. The van der Waals surface area contributed by atoms with Gasteiger partial charge in [-0.3, -0.25) is 9.59 Å². The summed E-state index contributed by atoms with van der Waals surface area (Å²) in [6, 6.07) is 14.7. The third-order valence-corrected chi connectivity index (χ3v) is 4.27. The van der Waals surface area contributed by atoms with E-state index in [1.165, 1.54) is 10.5 Å². The maximum absolute atomic E-state index is 12.2. The van der Waals surface area contributed by atoms with Gasteiger partial charge in [0.05, 0.1) is 11.3 Å². The minimum absolute atomic E-state index is 0.118. The van der Waals surface area contributed by atoms with Gasteiger partial charge < -0.3 is 15.0 Å². The van der Waals surface area contributed by atoms with E-state index in [4.69, 9.17) is 4.74 Å². The van der Waals surface area contributed by atoms with Crippen LogP contribution in [0.3, 0.4) is 0 Å². The van der Waals surface area contributed by atoms with Gasteiger partial charge in [-0.05, 0) is 42.2 Å². The van der Waals surface area contributed by atoms with E-state index in [2.05, 4.69) is 19.2 Å². The van der Waals surface area contributed by atoms with Gasteiger partial charge >= 0.3 is 0 Å². The van der Waals surface area contributed by atoms with Gasteiger partial charge in [-0.2, -0.15) is 0 Å². The zero-order valence-electron chi connectivity index (χ0n) is 15.8. The summed E-state index contributed by atoms with van der Waals surface area (Å²) in [5.74, 6) is 0.667. The van der Waals surface area contributed by atoms with Crippen molar-refractivity contribution in [2.24, 2.45) is 0 Å². The number of hydrogen-bond acceptors (Lipinski definition) is 3. The smallest absolute Gasteiger partial charge is 0.262 e. The lowest BCUT2D eigenvalue weighted by atomic mass is 9.99. The second-order valence-corrected chi connectivity index (χ2v) is 6.46. The standard InChI is InChI=1S/C21H26N2O3/c1-5-15(2)16-10-12-17(13-11-16)26-14-20(24)22-19-9-7-6-8-18(19)21(25)23(3)4/h6-13,15H,5,14H2,1-4H3,(H,22,24). The van der Waals surface area contributed by atoms with Crippen molar-refractivity contribution in [2.45, 2.75) is 26.2 Å². The number of para-hydroxylation sites is 1. The normalized spacial score (nSPS) is 11.5. The Labute approximate surface area is 155 Å². The fraction of sp³-hybridized carbons (Fsp3) is 0.333. The molecule has 2 aromatic rings. The van der Waals surface area contributed by atoms with Crippen LogP contribution in [0.1, 0.15) is 42.1 Å². The highest BCUT2D eigenvalue weighted by atomic mass is 16.5. The van der Waals surface area contributed by atoms with Crippen LogP contribution in [0.15, 0.2) is 48.5 Å². The molecule has 2 amide bonds. The Morgan fingerprint density at radius 3 is 2.35 bits per heavy atom. The van der Waals surface area contributed by atoms with Crippen molar-refractivity contribution in [1.82, 2.24) is 4.90 Å². The van der Waals surface area contributed by atoms with Gasteiger partial charge in [0.25, 0.3) is 11.8 Å². The molecular formula is C21H26N2O3. The molecule has 0 saturated carbocycles. The van der Waals surface area contributed by atoms with Crippen LogP contribution in [0.5, 0.6) is 5.75 Å². The van der Waals surface area contributed by atoms with Crippen molar-refractivity contribution in [1.29, 1.82) is 0 Å². The average Bonchev–Trinajstić information content (AvgIpc) is 2.66. The van der Waals surface area contributed by atoms with E-state index in [-0.39, 0.29) is 18.4 Å². The molecule has 0 spiro atoms. The van der Waals surface area contributed by atoms with Crippen molar-refractivity contribution in [2.75, 3.05) is 26.0 Å². The Kier molecular flexibility index (Phi) is 6.78. The Bertz CT molecular complexity index is 754. The van der Waals surface area contributed by atoms with Gasteiger partial charge in [-0.25, -0.2) is 0 Å². The van der Waals surface area contributed by atoms with Crippen LogP contribution in [0.4, 0.5) is 5.69 Å². The van der Waals surface area contributed by atoms with Crippen LogP contribution in [0.2, 0.25) is 0 Å². The summed E-state index contributed by atoms with van der Waals surface area (Å²) in [5.41, 5.74) is 2.18. The maximum atomic E-state index is 12.2. The molecular weight excluding hydrogens is 328 g/mol. The minimum atomic E-state index is -0.310. The monoisotopic (exact) mass is 354 g/mol. The quantitative estimate of drug-likeness (QED) is 0.820. The first-order valence-electron chi connectivity index (χ1n) is 8.75. The number of ether oxygens (including phenoxy) is 1. The molecule has 0 aliphatic rings. The van der Waals surface area contributed by atoms with E-state index in [0.29, 0.717) is 22.9 Å². The predicted molar refractivity (Wildman–Crippen MR) is 104 cm³/mol. The second kappa shape index (κ2) is 9.04. The van der Waals surface area contributed by atoms with Gasteiger partial charge in [0, 0.05) is 14.1 Å². The van der Waals surface area contributed by atoms with Gasteiger partial charge in [0.2, 0.25) is 0 Å². The lowest BCUT2D eigenvalue weighted by Gasteiger charge is -2.15. The number of rotatable bonds is 7. The van der Waals surface area contributed by atoms with Gasteiger partial charge in [-0.15, -0.1) is 0 Å². The molecule has 0 aliphatic heterocycles. The summed E-state index contributed by atoms with van der Waals surface area (Å²) in [6.07, 6.45) is 1.08. The van der Waals surface area contributed by atoms with E-state index in [0.717, 1.165) is 6.42 Å². The summed E-state index contributed by atoms with van der Waals surface area (Å²) in [4.78, 5) is 25.8. The van der Waals surface area contributed by atoms with Crippen LogP contribution in [0, 0.1) is 0 Å². The first kappa shape index (κ1) is 19.5. The van der Waals surface area contributed by atoms with E-state index >= 15 is 0 Å². The molecule has 0 aliphatic carbocycles. The van der Waals surface area contributed by atoms with Crippen molar-refractivity contribution in [3.63, 3.8) is 0 Å². The molecule has 1 N–H and O–H groups in total. The molecule has 0 heterocycles. The summed E-state index contributed by atoms with van der Waals surface area (Å²) < 4.78 is 5.55. The van der Waals surface area contributed by atoms with Crippen molar-refractivity contribution < 1.29 is 14.3 Å². The van der Waals surface area contributed by atoms with E-state index in [1.807, 2.05) is 24.3 Å². The molecule has 1 unspecified atom stereocenters. The van der Waals surface area contributed by atoms with E-state index in [1.54, 1.807) is 38.4 Å². The Hall–Kier alpha value is -2.82. The molecule has 1 atom stereocenters. The summed E-state index contributed by atoms with van der Waals surface area (Å²) in [5, 5.41) is 2.74. The number of anilines is 1. The Balaban J connectivity index is 1.96. The molecule has 0 radical (unpaired) electrons. The van der Waals surface area contributed by atoms with E-state index < -0.39 is 0 Å². The highest BCUT2D eigenvalue weighted by Crippen LogP contribution is 2.21.